The quantitative estimate of drug-likeness (QED) is 0.744. The van der Waals surface area contributed by atoms with Crippen molar-refractivity contribution in [3.8, 4) is 0 Å². The Morgan fingerprint density at radius 3 is 2.58 bits per heavy atom. The zero-order chi connectivity index (χ0) is 18.6. The molecule has 1 heterocycles. The van der Waals surface area contributed by atoms with Crippen LogP contribution in [-0.2, 0) is 0 Å². The maximum Gasteiger partial charge on any atom is 0.265 e. The number of carbonyl (C=O) groups excluding carboxylic acids is 2. The normalized spacial score (nSPS) is 10.8. The first-order valence-corrected chi connectivity index (χ1v) is 9.09. The molecule has 0 radical (unpaired) electrons. The fraction of sp³-hybridized carbons (Fsp3) is 0.333. The molecule has 0 atom stereocenters. The Kier molecular flexibility index (Phi) is 8.09. The Balaban J connectivity index is 0.00000338. The molecule has 8 heteroatoms. The van der Waals surface area contributed by atoms with Crippen LogP contribution < -0.4 is 11.1 Å². The van der Waals surface area contributed by atoms with Crippen molar-refractivity contribution in [2.45, 2.75) is 13.8 Å². The number of rotatable bonds is 6. The molecule has 1 aromatic heterocycles. The van der Waals surface area contributed by atoms with Gasteiger partial charge in [-0.15, -0.1) is 23.7 Å². The Labute approximate surface area is 168 Å². The summed E-state index contributed by atoms with van der Waals surface area (Å²) in [4.78, 5) is 27.1. The van der Waals surface area contributed by atoms with Crippen molar-refractivity contribution in [2.24, 2.45) is 11.1 Å². The number of hydrogen-bond donors (Lipinski definition) is 2. The Bertz CT molecular complexity index is 764. The molecule has 0 unspecified atom stereocenters. The lowest BCUT2D eigenvalue weighted by atomic mass is 9.93. The molecule has 0 aliphatic carbocycles. The van der Waals surface area contributed by atoms with Crippen LogP contribution in [0.25, 0.3) is 0 Å². The number of nitrogens with one attached hydrogen (secondary N) is 1. The van der Waals surface area contributed by atoms with E-state index in [1.807, 2.05) is 19.2 Å². The third-order valence-electron chi connectivity index (χ3n) is 3.77. The molecule has 1 aromatic carbocycles. The molecule has 0 fully saturated rings. The van der Waals surface area contributed by atoms with Crippen molar-refractivity contribution in [3.63, 3.8) is 0 Å². The molecule has 2 amide bonds. The van der Waals surface area contributed by atoms with E-state index in [2.05, 4.69) is 5.32 Å². The second-order valence-electron chi connectivity index (χ2n) is 6.66. The first-order valence-electron chi connectivity index (χ1n) is 7.83. The second kappa shape index (κ2) is 9.37. The van der Waals surface area contributed by atoms with E-state index in [0.29, 0.717) is 34.2 Å². The number of carbonyl (C=O) groups is 2. The summed E-state index contributed by atoms with van der Waals surface area (Å²) in [6.07, 6.45) is 0. The molecule has 0 saturated heterocycles. The third-order valence-corrected chi connectivity index (χ3v) is 4.97. The molecule has 2 aromatic rings. The summed E-state index contributed by atoms with van der Waals surface area (Å²) >= 11 is 7.50. The summed E-state index contributed by atoms with van der Waals surface area (Å²) in [5.41, 5.74) is 6.44. The zero-order valence-electron chi connectivity index (χ0n) is 14.9. The molecule has 5 nitrogen and oxygen atoms in total. The summed E-state index contributed by atoms with van der Waals surface area (Å²) in [7, 11) is 1.73. The number of halogens is 2. The van der Waals surface area contributed by atoms with Crippen LogP contribution in [0.5, 0.6) is 0 Å². The van der Waals surface area contributed by atoms with E-state index in [1.165, 1.54) is 11.3 Å². The van der Waals surface area contributed by atoms with Gasteiger partial charge in [0.25, 0.3) is 11.8 Å². The van der Waals surface area contributed by atoms with Crippen molar-refractivity contribution in [2.75, 3.05) is 25.5 Å². The highest BCUT2D eigenvalue weighted by Gasteiger charge is 2.22. The number of thiophene rings is 1. The second-order valence-corrected chi connectivity index (χ2v) is 8.01. The van der Waals surface area contributed by atoms with Crippen LogP contribution in [0.3, 0.4) is 0 Å². The van der Waals surface area contributed by atoms with Crippen LogP contribution in [0.2, 0.25) is 5.02 Å². The molecule has 0 bridgehead atoms. The van der Waals surface area contributed by atoms with Crippen LogP contribution in [0.4, 0.5) is 5.69 Å². The number of hydrogen-bond acceptors (Lipinski definition) is 4. The first-order chi connectivity index (χ1) is 11.7. The molecule has 0 aliphatic heterocycles. The van der Waals surface area contributed by atoms with E-state index >= 15 is 0 Å². The highest BCUT2D eigenvalue weighted by atomic mass is 35.5. The molecular formula is C18H23Cl2N3O2S. The van der Waals surface area contributed by atoms with Gasteiger partial charge in [0.15, 0.2) is 0 Å². The van der Waals surface area contributed by atoms with Gasteiger partial charge in [0.05, 0.1) is 15.6 Å². The van der Waals surface area contributed by atoms with Gasteiger partial charge in [-0.3, -0.25) is 9.59 Å². The minimum Gasteiger partial charge on any atom is -0.341 e. The van der Waals surface area contributed by atoms with E-state index in [1.54, 1.807) is 42.3 Å². The van der Waals surface area contributed by atoms with Gasteiger partial charge in [0, 0.05) is 19.2 Å². The molecule has 26 heavy (non-hydrogen) atoms. The van der Waals surface area contributed by atoms with E-state index in [-0.39, 0.29) is 29.6 Å². The molecule has 0 aliphatic rings. The van der Waals surface area contributed by atoms with Crippen LogP contribution in [0, 0.1) is 5.41 Å². The molecule has 2 rings (SSSR count). The monoisotopic (exact) mass is 415 g/mol. The zero-order valence-corrected chi connectivity index (χ0v) is 17.3. The lowest BCUT2D eigenvalue weighted by molar-refractivity contribution is 0.0740. The number of anilines is 1. The number of nitrogens with zero attached hydrogens (tertiary/aromatic N) is 1. The maximum absolute atomic E-state index is 12.6. The maximum atomic E-state index is 12.6. The highest BCUT2D eigenvalue weighted by molar-refractivity contribution is 7.12. The van der Waals surface area contributed by atoms with Crippen molar-refractivity contribution >= 4 is 52.8 Å². The molecule has 142 valence electrons. The third kappa shape index (κ3) is 5.71. The summed E-state index contributed by atoms with van der Waals surface area (Å²) in [6, 6.07) is 8.39. The SMILES string of the molecule is CN(CC(C)(C)CN)C(=O)c1ccc(Cl)c(NC(=O)c2cccs2)c1.Cl. The van der Waals surface area contributed by atoms with E-state index < -0.39 is 0 Å². The van der Waals surface area contributed by atoms with E-state index in [0.717, 1.165) is 0 Å². The average Bonchev–Trinajstić information content (AvgIpc) is 3.10. The van der Waals surface area contributed by atoms with Crippen molar-refractivity contribution < 1.29 is 9.59 Å². The number of nitrogens with two attached hydrogens (primary N) is 1. The van der Waals surface area contributed by atoms with E-state index in [4.69, 9.17) is 17.3 Å². The Hall–Kier alpha value is -1.60. The molecular weight excluding hydrogens is 393 g/mol. The molecule has 0 saturated carbocycles. The standard InChI is InChI=1S/C18H22ClN3O2S.ClH/c1-18(2,10-20)11-22(3)17(24)12-6-7-13(19)14(9-12)21-16(23)15-5-4-8-25-15;/h4-9H,10-11,20H2,1-3H3,(H,21,23);1H. The smallest absolute Gasteiger partial charge is 0.265 e. The number of benzene rings is 1. The topological polar surface area (TPSA) is 75.4 Å². The fourth-order valence-corrected chi connectivity index (χ4v) is 3.13. The minimum atomic E-state index is -0.251. The van der Waals surface area contributed by atoms with Gasteiger partial charge in [-0.05, 0) is 41.6 Å². The van der Waals surface area contributed by atoms with Crippen LogP contribution in [0.15, 0.2) is 35.7 Å². The summed E-state index contributed by atoms with van der Waals surface area (Å²) < 4.78 is 0. The van der Waals surface area contributed by atoms with Gasteiger partial charge in [0.2, 0.25) is 0 Å². The average molecular weight is 416 g/mol. The predicted octanol–water partition coefficient (Wildman–Crippen LogP) is 4.13. The number of amides is 2. The summed E-state index contributed by atoms with van der Waals surface area (Å²) in [5, 5.41) is 4.96. The first kappa shape index (κ1) is 22.4. The fourth-order valence-electron chi connectivity index (χ4n) is 2.34. The molecule has 0 spiro atoms. The lowest BCUT2D eigenvalue weighted by Crippen LogP contribution is -2.39. The lowest BCUT2D eigenvalue weighted by Gasteiger charge is -2.29. The molecule has 3 N–H and O–H groups in total. The van der Waals surface area contributed by atoms with Crippen LogP contribution in [0.1, 0.15) is 33.9 Å². The van der Waals surface area contributed by atoms with Gasteiger partial charge in [-0.1, -0.05) is 31.5 Å². The largest absolute Gasteiger partial charge is 0.341 e. The van der Waals surface area contributed by atoms with Gasteiger partial charge in [-0.25, -0.2) is 0 Å². The van der Waals surface area contributed by atoms with Gasteiger partial charge in [0.1, 0.15) is 0 Å². The Morgan fingerprint density at radius 2 is 2.00 bits per heavy atom. The summed E-state index contributed by atoms with van der Waals surface area (Å²) in [6.45, 7) is 5.02. The Morgan fingerprint density at radius 1 is 1.31 bits per heavy atom. The highest BCUT2D eigenvalue weighted by Crippen LogP contribution is 2.25. The van der Waals surface area contributed by atoms with E-state index in [9.17, 15) is 9.59 Å². The van der Waals surface area contributed by atoms with Crippen LogP contribution >= 0.6 is 35.3 Å². The predicted molar refractivity (Wildman–Crippen MR) is 111 cm³/mol. The van der Waals surface area contributed by atoms with Crippen molar-refractivity contribution in [3.05, 3.63) is 51.2 Å². The minimum absolute atomic E-state index is 0. The van der Waals surface area contributed by atoms with Crippen molar-refractivity contribution in [1.29, 1.82) is 0 Å². The van der Waals surface area contributed by atoms with Crippen LogP contribution in [-0.4, -0.2) is 36.9 Å². The summed E-state index contributed by atoms with van der Waals surface area (Å²) in [5.74, 6) is -0.399. The van der Waals surface area contributed by atoms with Gasteiger partial charge in [-0.2, -0.15) is 0 Å². The van der Waals surface area contributed by atoms with Crippen molar-refractivity contribution in [1.82, 2.24) is 4.90 Å². The van der Waals surface area contributed by atoms with Gasteiger partial charge >= 0.3 is 0 Å². The van der Waals surface area contributed by atoms with Gasteiger partial charge < -0.3 is 16.0 Å².